The van der Waals surface area contributed by atoms with Crippen LogP contribution in [0.25, 0.3) is 0 Å². The molecule has 0 amide bonds. The summed E-state index contributed by atoms with van der Waals surface area (Å²) in [4.78, 5) is 26.7. The Kier molecular flexibility index (Phi) is 4.82. The van der Waals surface area contributed by atoms with Crippen LogP contribution in [0.4, 0.5) is 0 Å². The minimum Gasteiger partial charge on any atom is -0.376 e. The van der Waals surface area contributed by atoms with Crippen LogP contribution in [0.1, 0.15) is 38.2 Å². The highest BCUT2D eigenvalue weighted by molar-refractivity contribution is 6.30. The van der Waals surface area contributed by atoms with E-state index in [-0.39, 0.29) is 16.8 Å². The van der Waals surface area contributed by atoms with Crippen molar-refractivity contribution in [3.05, 3.63) is 31.6 Å². The molecule has 0 bridgehead atoms. The van der Waals surface area contributed by atoms with E-state index in [1.165, 1.54) is 4.57 Å². The van der Waals surface area contributed by atoms with E-state index in [1.54, 1.807) is 0 Å². The number of hydrogen-bond donors (Lipinski definition) is 1. The molecule has 1 fully saturated rings. The largest absolute Gasteiger partial charge is 0.376 e. The maximum Gasteiger partial charge on any atom is 0.329 e. The number of H-pyrrole nitrogens is 1. The molecule has 5 nitrogen and oxygen atoms in total. The predicted molar refractivity (Wildman–Crippen MR) is 73.9 cm³/mol. The van der Waals surface area contributed by atoms with Crippen LogP contribution in [0, 0.1) is 0 Å². The van der Waals surface area contributed by atoms with Gasteiger partial charge in [0.15, 0.2) is 0 Å². The minimum absolute atomic E-state index is 0.0526. The Hall–Kier alpha value is -1.07. The second-order valence-electron chi connectivity index (χ2n) is 4.88. The highest BCUT2D eigenvalue weighted by Crippen LogP contribution is 2.14. The van der Waals surface area contributed by atoms with Crippen molar-refractivity contribution in [1.29, 1.82) is 0 Å². The fourth-order valence-corrected chi connectivity index (χ4v) is 2.63. The first-order chi connectivity index (χ1) is 9.13. The number of aromatic nitrogens is 2. The number of nitrogens with one attached hydrogen (secondary N) is 1. The molecule has 1 aliphatic heterocycles. The summed E-state index contributed by atoms with van der Waals surface area (Å²) < 4.78 is 6.79. The molecule has 1 unspecified atom stereocenters. The predicted octanol–water partition coefficient (Wildman–Crippen LogP) is 1.71. The van der Waals surface area contributed by atoms with Crippen LogP contribution in [-0.2, 0) is 17.7 Å². The first kappa shape index (κ1) is 14.3. The van der Waals surface area contributed by atoms with Crippen LogP contribution in [0.15, 0.2) is 9.59 Å². The van der Waals surface area contributed by atoms with E-state index in [4.69, 9.17) is 16.3 Å². The van der Waals surface area contributed by atoms with Gasteiger partial charge in [0, 0.05) is 6.61 Å². The Bertz CT molecular complexity index is 544. The van der Waals surface area contributed by atoms with E-state index in [0.29, 0.717) is 25.1 Å². The van der Waals surface area contributed by atoms with Crippen molar-refractivity contribution in [3.8, 4) is 0 Å². The molecular weight excluding hydrogens is 268 g/mol. The van der Waals surface area contributed by atoms with Gasteiger partial charge < -0.3 is 4.74 Å². The first-order valence-corrected chi connectivity index (χ1v) is 7.14. The van der Waals surface area contributed by atoms with Gasteiger partial charge in [-0.2, -0.15) is 0 Å². The maximum atomic E-state index is 12.3. The van der Waals surface area contributed by atoms with Crippen LogP contribution in [0.2, 0.25) is 5.15 Å². The molecule has 106 valence electrons. The van der Waals surface area contributed by atoms with Gasteiger partial charge in [-0.1, -0.05) is 24.9 Å². The third kappa shape index (κ3) is 3.28. The molecule has 19 heavy (non-hydrogen) atoms. The number of hydrogen-bond acceptors (Lipinski definition) is 3. The normalized spacial score (nSPS) is 19.6. The van der Waals surface area contributed by atoms with Crippen molar-refractivity contribution in [2.75, 3.05) is 6.61 Å². The van der Waals surface area contributed by atoms with E-state index < -0.39 is 5.69 Å². The van der Waals surface area contributed by atoms with E-state index in [1.807, 2.05) is 6.92 Å². The molecule has 0 saturated carbocycles. The van der Waals surface area contributed by atoms with Gasteiger partial charge in [-0.15, -0.1) is 0 Å². The van der Waals surface area contributed by atoms with Gasteiger partial charge >= 0.3 is 5.69 Å². The van der Waals surface area contributed by atoms with Gasteiger partial charge in [0.2, 0.25) is 0 Å². The molecule has 0 spiro atoms. The molecule has 1 aliphatic rings. The summed E-state index contributed by atoms with van der Waals surface area (Å²) in [6.45, 7) is 2.98. The van der Waals surface area contributed by atoms with Crippen molar-refractivity contribution in [2.45, 2.75) is 51.7 Å². The summed E-state index contributed by atoms with van der Waals surface area (Å²) in [5.74, 6) is 0. The Morgan fingerprint density at radius 3 is 2.84 bits per heavy atom. The number of rotatable bonds is 4. The van der Waals surface area contributed by atoms with Gasteiger partial charge in [0.1, 0.15) is 5.15 Å². The fraction of sp³-hybridized carbons (Fsp3) is 0.692. The summed E-state index contributed by atoms with van der Waals surface area (Å²) in [6, 6.07) is 0. The van der Waals surface area contributed by atoms with Crippen LogP contribution < -0.4 is 11.2 Å². The number of ether oxygens (including phenoxy) is 1. The molecule has 0 radical (unpaired) electrons. The van der Waals surface area contributed by atoms with E-state index in [0.717, 1.165) is 25.7 Å². The lowest BCUT2D eigenvalue weighted by Gasteiger charge is -2.23. The molecular formula is C13H19ClN2O3. The molecule has 0 aliphatic carbocycles. The Morgan fingerprint density at radius 2 is 2.21 bits per heavy atom. The number of halogens is 1. The summed E-state index contributed by atoms with van der Waals surface area (Å²) in [6.07, 6.45) is 4.33. The molecule has 1 aromatic rings. The van der Waals surface area contributed by atoms with Crippen LogP contribution in [0.5, 0.6) is 0 Å². The number of aromatic amines is 1. The van der Waals surface area contributed by atoms with Crippen LogP contribution in [0.3, 0.4) is 0 Å². The standard InChI is InChI=1S/C13H19ClN2O3/c1-2-5-10-11(14)15-13(18)16(12(10)17)8-9-6-3-4-7-19-9/h9H,2-8H2,1H3,(H,15,18). The lowest BCUT2D eigenvalue weighted by Crippen LogP contribution is -2.41. The second kappa shape index (κ2) is 6.39. The van der Waals surface area contributed by atoms with Crippen molar-refractivity contribution in [3.63, 3.8) is 0 Å². The SMILES string of the molecule is CCCc1c(Cl)[nH]c(=O)n(CC2CCCCO2)c1=O. The van der Waals surface area contributed by atoms with Gasteiger partial charge in [-0.3, -0.25) is 14.3 Å². The third-order valence-electron chi connectivity index (χ3n) is 3.39. The second-order valence-corrected chi connectivity index (χ2v) is 5.25. The Labute approximate surface area is 116 Å². The molecule has 6 heteroatoms. The first-order valence-electron chi connectivity index (χ1n) is 6.76. The average molecular weight is 287 g/mol. The summed E-state index contributed by atoms with van der Waals surface area (Å²) >= 11 is 5.93. The van der Waals surface area contributed by atoms with Gasteiger partial charge in [0.25, 0.3) is 5.56 Å². The van der Waals surface area contributed by atoms with Gasteiger partial charge in [-0.25, -0.2) is 4.79 Å². The molecule has 0 aromatic carbocycles. The number of nitrogens with zero attached hydrogens (tertiary/aromatic N) is 1. The van der Waals surface area contributed by atoms with E-state index >= 15 is 0 Å². The zero-order valence-corrected chi connectivity index (χ0v) is 11.8. The molecule has 1 aromatic heterocycles. The molecule has 2 heterocycles. The van der Waals surface area contributed by atoms with Crippen molar-refractivity contribution in [1.82, 2.24) is 9.55 Å². The lowest BCUT2D eigenvalue weighted by molar-refractivity contribution is 0.00465. The Morgan fingerprint density at radius 1 is 1.42 bits per heavy atom. The van der Waals surface area contributed by atoms with Crippen LogP contribution >= 0.6 is 11.6 Å². The van der Waals surface area contributed by atoms with Gasteiger partial charge in [-0.05, 0) is 25.7 Å². The van der Waals surface area contributed by atoms with Crippen molar-refractivity contribution < 1.29 is 4.74 Å². The topological polar surface area (TPSA) is 64.1 Å². The molecule has 2 rings (SSSR count). The van der Waals surface area contributed by atoms with E-state index in [9.17, 15) is 9.59 Å². The molecule has 1 N–H and O–H groups in total. The fourth-order valence-electron chi connectivity index (χ4n) is 2.37. The quantitative estimate of drug-likeness (QED) is 0.857. The highest BCUT2D eigenvalue weighted by atomic mass is 35.5. The van der Waals surface area contributed by atoms with Crippen LogP contribution in [-0.4, -0.2) is 22.3 Å². The summed E-state index contributed by atoms with van der Waals surface area (Å²) in [5.41, 5.74) is -0.256. The van der Waals surface area contributed by atoms with Gasteiger partial charge in [0.05, 0.1) is 18.2 Å². The maximum absolute atomic E-state index is 12.3. The smallest absolute Gasteiger partial charge is 0.329 e. The molecule has 1 saturated heterocycles. The lowest BCUT2D eigenvalue weighted by atomic mass is 10.1. The third-order valence-corrected chi connectivity index (χ3v) is 3.71. The monoisotopic (exact) mass is 286 g/mol. The zero-order chi connectivity index (χ0) is 13.8. The molecule has 1 atom stereocenters. The van der Waals surface area contributed by atoms with E-state index in [2.05, 4.69) is 4.98 Å². The highest BCUT2D eigenvalue weighted by Gasteiger charge is 2.18. The summed E-state index contributed by atoms with van der Waals surface area (Å²) in [7, 11) is 0. The Balaban J connectivity index is 2.31. The minimum atomic E-state index is -0.455. The zero-order valence-electron chi connectivity index (χ0n) is 11.1. The average Bonchev–Trinajstić information content (AvgIpc) is 2.41. The summed E-state index contributed by atoms with van der Waals surface area (Å²) in [5, 5.41) is 0.165. The van der Waals surface area contributed by atoms with Crippen molar-refractivity contribution >= 4 is 11.6 Å². The van der Waals surface area contributed by atoms with Crippen molar-refractivity contribution in [2.24, 2.45) is 0 Å².